The van der Waals surface area contributed by atoms with Gasteiger partial charge in [0, 0.05) is 43.0 Å². The quantitative estimate of drug-likeness (QED) is 0.795. The van der Waals surface area contributed by atoms with Gasteiger partial charge in [0.2, 0.25) is 5.91 Å². The van der Waals surface area contributed by atoms with Gasteiger partial charge in [-0.15, -0.1) is 0 Å². The summed E-state index contributed by atoms with van der Waals surface area (Å²) in [5, 5.41) is 7.38. The standard InChI is InChI=1S/C21H37N5O/c1-17(2)23-21(27)19-6-12-25(13-7-19)20-8-14-24(15-9-20)18(3)5-16-26-11-4-10-22-26/h4,10-11,17-20H,5-9,12-16H2,1-3H3,(H,23,27). The second-order valence-electron chi connectivity index (χ2n) is 8.65. The van der Waals surface area contributed by atoms with Crippen LogP contribution >= 0.6 is 0 Å². The van der Waals surface area contributed by atoms with E-state index in [1.165, 1.54) is 25.9 Å². The van der Waals surface area contributed by atoms with E-state index in [1.807, 2.05) is 37.0 Å². The Hall–Kier alpha value is -1.40. The predicted molar refractivity (Wildman–Crippen MR) is 108 cm³/mol. The van der Waals surface area contributed by atoms with E-state index in [2.05, 4.69) is 27.1 Å². The molecule has 2 aliphatic rings. The van der Waals surface area contributed by atoms with Crippen LogP contribution in [0.5, 0.6) is 0 Å². The third-order valence-electron chi connectivity index (χ3n) is 6.31. The molecule has 0 bridgehead atoms. The SMILES string of the molecule is CC(C)NC(=O)C1CCN(C2CCN(C(C)CCn3cccn3)CC2)CC1. The highest BCUT2D eigenvalue weighted by Crippen LogP contribution is 2.25. The molecule has 1 aromatic rings. The number of nitrogens with one attached hydrogen (secondary N) is 1. The Kier molecular flexibility index (Phi) is 7.30. The lowest BCUT2D eigenvalue weighted by Gasteiger charge is -2.43. The molecule has 3 heterocycles. The van der Waals surface area contributed by atoms with Crippen LogP contribution in [0.4, 0.5) is 0 Å². The van der Waals surface area contributed by atoms with E-state index in [9.17, 15) is 4.79 Å². The van der Waals surface area contributed by atoms with Gasteiger partial charge in [-0.05, 0) is 85.1 Å². The number of nitrogens with zero attached hydrogens (tertiary/aromatic N) is 4. The first-order valence-electron chi connectivity index (χ1n) is 10.8. The Labute approximate surface area is 164 Å². The minimum atomic E-state index is 0.214. The molecule has 1 atom stereocenters. The van der Waals surface area contributed by atoms with Gasteiger partial charge in [-0.2, -0.15) is 5.10 Å². The van der Waals surface area contributed by atoms with Gasteiger partial charge >= 0.3 is 0 Å². The summed E-state index contributed by atoms with van der Waals surface area (Å²) >= 11 is 0. The second-order valence-corrected chi connectivity index (χ2v) is 8.65. The highest BCUT2D eigenvalue weighted by molar-refractivity contribution is 5.78. The van der Waals surface area contributed by atoms with Crippen LogP contribution in [-0.4, -0.2) is 69.8 Å². The molecule has 1 unspecified atom stereocenters. The van der Waals surface area contributed by atoms with Gasteiger partial charge in [0.1, 0.15) is 0 Å². The van der Waals surface area contributed by atoms with Crippen LogP contribution < -0.4 is 5.32 Å². The highest BCUT2D eigenvalue weighted by Gasteiger charge is 2.31. The lowest BCUT2D eigenvalue weighted by Crippen LogP contribution is -2.51. The largest absolute Gasteiger partial charge is 0.354 e. The number of aromatic nitrogens is 2. The molecule has 1 N–H and O–H groups in total. The van der Waals surface area contributed by atoms with E-state index in [1.54, 1.807) is 0 Å². The molecule has 2 saturated heterocycles. The van der Waals surface area contributed by atoms with Crippen molar-refractivity contribution in [2.24, 2.45) is 5.92 Å². The molecular formula is C21H37N5O. The Morgan fingerprint density at radius 2 is 1.81 bits per heavy atom. The van der Waals surface area contributed by atoms with Crippen molar-refractivity contribution in [3.05, 3.63) is 18.5 Å². The minimum absolute atomic E-state index is 0.214. The summed E-state index contributed by atoms with van der Waals surface area (Å²) in [5.74, 6) is 0.469. The highest BCUT2D eigenvalue weighted by atomic mass is 16.1. The van der Waals surface area contributed by atoms with Gasteiger partial charge < -0.3 is 15.1 Å². The number of rotatable bonds is 7. The van der Waals surface area contributed by atoms with Crippen LogP contribution in [0, 0.1) is 5.92 Å². The first-order valence-corrected chi connectivity index (χ1v) is 10.8. The van der Waals surface area contributed by atoms with Crippen molar-refractivity contribution in [3.8, 4) is 0 Å². The van der Waals surface area contributed by atoms with Crippen LogP contribution in [-0.2, 0) is 11.3 Å². The molecule has 0 aromatic carbocycles. The molecule has 0 aliphatic carbocycles. The average molecular weight is 376 g/mol. The maximum Gasteiger partial charge on any atom is 0.223 e. The van der Waals surface area contributed by atoms with E-state index >= 15 is 0 Å². The van der Waals surface area contributed by atoms with Crippen molar-refractivity contribution in [3.63, 3.8) is 0 Å². The summed E-state index contributed by atoms with van der Waals surface area (Å²) in [6, 6.07) is 3.55. The summed E-state index contributed by atoms with van der Waals surface area (Å²) in [4.78, 5) is 17.5. The number of aryl methyl sites for hydroxylation is 1. The van der Waals surface area contributed by atoms with Crippen LogP contribution in [0.3, 0.4) is 0 Å². The normalized spacial score (nSPS) is 22.2. The molecule has 27 heavy (non-hydrogen) atoms. The average Bonchev–Trinajstić information content (AvgIpc) is 3.19. The van der Waals surface area contributed by atoms with Crippen molar-refractivity contribution >= 4 is 5.91 Å². The topological polar surface area (TPSA) is 53.4 Å². The Morgan fingerprint density at radius 1 is 1.11 bits per heavy atom. The first-order chi connectivity index (χ1) is 13.0. The van der Waals surface area contributed by atoms with Crippen molar-refractivity contribution in [1.82, 2.24) is 24.9 Å². The number of amides is 1. The van der Waals surface area contributed by atoms with Crippen LogP contribution in [0.25, 0.3) is 0 Å². The zero-order valence-corrected chi connectivity index (χ0v) is 17.3. The fourth-order valence-electron chi connectivity index (χ4n) is 4.56. The van der Waals surface area contributed by atoms with Crippen molar-refractivity contribution < 1.29 is 4.79 Å². The zero-order valence-electron chi connectivity index (χ0n) is 17.3. The molecule has 152 valence electrons. The molecule has 1 amide bonds. The van der Waals surface area contributed by atoms with Gasteiger partial charge in [0.25, 0.3) is 0 Å². The lowest BCUT2D eigenvalue weighted by atomic mass is 9.92. The van der Waals surface area contributed by atoms with Gasteiger partial charge in [0.15, 0.2) is 0 Å². The van der Waals surface area contributed by atoms with E-state index in [0.29, 0.717) is 12.1 Å². The van der Waals surface area contributed by atoms with Crippen molar-refractivity contribution in [2.75, 3.05) is 26.2 Å². The van der Waals surface area contributed by atoms with Gasteiger partial charge in [0.05, 0.1) is 0 Å². The third kappa shape index (κ3) is 5.79. The maximum atomic E-state index is 12.2. The molecule has 2 fully saturated rings. The minimum Gasteiger partial charge on any atom is -0.354 e. The Bertz CT molecular complexity index is 557. The van der Waals surface area contributed by atoms with Gasteiger partial charge in [-0.3, -0.25) is 9.48 Å². The number of hydrogen-bond donors (Lipinski definition) is 1. The summed E-state index contributed by atoms with van der Waals surface area (Å²) in [5.41, 5.74) is 0. The lowest BCUT2D eigenvalue weighted by molar-refractivity contribution is -0.127. The molecule has 6 heteroatoms. The summed E-state index contributed by atoms with van der Waals surface area (Å²) < 4.78 is 2.03. The number of carbonyl (C=O) groups is 1. The van der Waals surface area contributed by atoms with Crippen molar-refractivity contribution in [1.29, 1.82) is 0 Å². The molecule has 2 aliphatic heterocycles. The van der Waals surface area contributed by atoms with Crippen LogP contribution in [0.2, 0.25) is 0 Å². The molecule has 3 rings (SSSR count). The van der Waals surface area contributed by atoms with Gasteiger partial charge in [-0.1, -0.05) is 0 Å². The smallest absolute Gasteiger partial charge is 0.223 e. The van der Waals surface area contributed by atoms with Crippen LogP contribution in [0.1, 0.15) is 52.9 Å². The fraction of sp³-hybridized carbons (Fsp3) is 0.810. The molecule has 0 spiro atoms. The monoisotopic (exact) mass is 375 g/mol. The Balaban J connectivity index is 1.36. The molecule has 6 nitrogen and oxygen atoms in total. The molecule has 0 saturated carbocycles. The maximum absolute atomic E-state index is 12.2. The number of hydrogen-bond acceptors (Lipinski definition) is 4. The molecule has 1 aromatic heterocycles. The molecular weight excluding hydrogens is 338 g/mol. The van der Waals surface area contributed by atoms with Gasteiger partial charge in [-0.25, -0.2) is 0 Å². The fourth-order valence-corrected chi connectivity index (χ4v) is 4.56. The second kappa shape index (κ2) is 9.69. The van der Waals surface area contributed by atoms with E-state index in [-0.39, 0.29) is 17.9 Å². The summed E-state index contributed by atoms with van der Waals surface area (Å²) in [6.45, 7) is 12.0. The van der Waals surface area contributed by atoms with Crippen LogP contribution in [0.15, 0.2) is 18.5 Å². The summed E-state index contributed by atoms with van der Waals surface area (Å²) in [6.07, 6.45) is 9.60. The van der Waals surface area contributed by atoms with E-state index in [0.717, 1.165) is 38.9 Å². The summed E-state index contributed by atoms with van der Waals surface area (Å²) in [7, 11) is 0. The predicted octanol–water partition coefficient (Wildman–Crippen LogP) is 2.36. The zero-order chi connectivity index (χ0) is 19.2. The number of carbonyl (C=O) groups excluding carboxylic acids is 1. The molecule has 0 radical (unpaired) electrons. The number of piperidine rings is 2. The number of likely N-dealkylation sites (tertiary alicyclic amines) is 2. The van der Waals surface area contributed by atoms with E-state index < -0.39 is 0 Å². The Morgan fingerprint density at radius 3 is 2.41 bits per heavy atom. The van der Waals surface area contributed by atoms with E-state index in [4.69, 9.17) is 0 Å². The first kappa shape index (κ1) is 20.3. The van der Waals surface area contributed by atoms with Crippen molar-refractivity contribution in [2.45, 2.75) is 77.5 Å². The third-order valence-corrected chi connectivity index (χ3v) is 6.31.